The molecule has 4 aliphatic carbocycles. The molecule has 0 aromatic heterocycles. The first-order chi connectivity index (χ1) is 17.6. The summed E-state index contributed by atoms with van der Waals surface area (Å²) in [6, 6.07) is 0. The van der Waals surface area contributed by atoms with E-state index in [1.54, 1.807) is 0 Å². The summed E-state index contributed by atoms with van der Waals surface area (Å²) >= 11 is 0. The highest BCUT2D eigenvalue weighted by atomic mass is 16.7. The lowest BCUT2D eigenvalue weighted by molar-refractivity contribution is -0.273. The van der Waals surface area contributed by atoms with Crippen LogP contribution < -0.4 is 0 Å². The number of carbonyl (C=O) groups excluding carboxylic acids is 1. The van der Waals surface area contributed by atoms with E-state index in [4.69, 9.17) is 19.3 Å². The molecular weight excluding hydrogens is 468 g/mol. The van der Waals surface area contributed by atoms with Crippen LogP contribution in [0.3, 0.4) is 0 Å². The van der Waals surface area contributed by atoms with E-state index in [2.05, 4.69) is 27.7 Å². The zero-order chi connectivity index (χ0) is 26.2. The van der Waals surface area contributed by atoms with E-state index >= 15 is 0 Å². The van der Waals surface area contributed by atoms with Crippen LogP contribution in [0.25, 0.3) is 0 Å². The lowest BCUT2D eigenvalue weighted by Gasteiger charge is -2.61. The van der Waals surface area contributed by atoms with Gasteiger partial charge in [0.15, 0.2) is 5.79 Å². The summed E-state index contributed by atoms with van der Waals surface area (Å²) in [5, 5.41) is 8.87. The van der Waals surface area contributed by atoms with E-state index in [0.29, 0.717) is 40.6 Å². The van der Waals surface area contributed by atoms with Crippen LogP contribution in [0, 0.1) is 52.3 Å². The Labute approximate surface area is 222 Å². The Kier molecular flexibility index (Phi) is 6.50. The molecule has 37 heavy (non-hydrogen) atoms. The molecule has 6 rings (SSSR count). The van der Waals surface area contributed by atoms with Gasteiger partial charge in [-0.15, -0.1) is 0 Å². The van der Waals surface area contributed by atoms with Crippen LogP contribution in [-0.2, 0) is 23.8 Å². The number of carboxylic acid groups (broad SMARTS) is 1. The van der Waals surface area contributed by atoms with E-state index in [1.165, 1.54) is 38.5 Å². The second-order valence-corrected chi connectivity index (χ2v) is 14.5. The predicted octanol–water partition coefficient (Wildman–Crippen LogP) is 6.21. The summed E-state index contributed by atoms with van der Waals surface area (Å²) in [7, 11) is 0. The van der Waals surface area contributed by atoms with Gasteiger partial charge in [-0.2, -0.15) is 0 Å². The Bertz CT molecular complexity index is 909. The third-order valence-corrected chi connectivity index (χ3v) is 12.7. The number of fused-ring (bicyclic) bond motifs is 7. The predicted molar refractivity (Wildman–Crippen MR) is 138 cm³/mol. The molecular formula is C31H48O6. The number of hydrogen-bond donors (Lipinski definition) is 1. The van der Waals surface area contributed by atoms with Crippen molar-refractivity contribution in [3.05, 3.63) is 0 Å². The number of carbonyl (C=O) groups is 2. The van der Waals surface area contributed by atoms with Crippen molar-refractivity contribution in [2.24, 2.45) is 52.3 Å². The lowest BCUT2D eigenvalue weighted by atomic mass is 9.44. The first kappa shape index (κ1) is 26.1. The fraction of sp³-hybridized carbons (Fsp3) is 0.935. The van der Waals surface area contributed by atoms with Gasteiger partial charge in [-0.05, 0) is 104 Å². The Hall–Kier alpha value is -1.14. The highest BCUT2D eigenvalue weighted by Crippen LogP contribution is 2.71. The molecule has 7 unspecified atom stereocenters. The molecule has 2 saturated heterocycles. The molecule has 6 heteroatoms. The van der Waals surface area contributed by atoms with Gasteiger partial charge in [0.1, 0.15) is 6.10 Å². The van der Waals surface area contributed by atoms with Crippen molar-refractivity contribution in [3.8, 4) is 0 Å². The maximum Gasteiger partial charge on any atom is 0.306 e. The van der Waals surface area contributed by atoms with Gasteiger partial charge in [0.25, 0.3) is 0 Å². The van der Waals surface area contributed by atoms with Crippen LogP contribution >= 0.6 is 0 Å². The lowest BCUT2D eigenvalue weighted by Crippen LogP contribution is -2.55. The van der Waals surface area contributed by atoms with Gasteiger partial charge < -0.3 is 19.3 Å². The third kappa shape index (κ3) is 4.10. The van der Waals surface area contributed by atoms with Gasteiger partial charge in [0.05, 0.1) is 25.6 Å². The summed E-state index contributed by atoms with van der Waals surface area (Å²) in [6.45, 7) is 10.7. The Morgan fingerprint density at radius 1 is 0.919 bits per heavy atom. The minimum atomic E-state index is -0.942. The molecule has 0 amide bonds. The van der Waals surface area contributed by atoms with Crippen LogP contribution in [0.1, 0.15) is 105 Å². The van der Waals surface area contributed by atoms with Crippen molar-refractivity contribution >= 4 is 11.9 Å². The molecule has 1 spiro atoms. The molecule has 6 nitrogen and oxygen atoms in total. The Morgan fingerprint density at radius 3 is 2.43 bits per heavy atom. The Morgan fingerprint density at radius 2 is 1.70 bits per heavy atom. The molecule has 1 N–H and O–H groups in total. The average Bonchev–Trinajstić information content (AvgIpc) is 3.30. The van der Waals surface area contributed by atoms with E-state index in [1.807, 2.05) is 0 Å². The minimum absolute atomic E-state index is 0.0209. The quantitative estimate of drug-likeness (QED) is 0.448. The monoisotopic (exact) mass is 516 g/mol. The van der Waals surface area contributed by atoms with Crippen molar-refractivity contribution in [1.29, 1.82) is 0 Å². The maximum atomic E-state index is 12.2. The van der Waals surface area contributed by atoms with Gasteiger partial charge in [-0.25, -0.2) is 0 Å². The highest BCUT2D eigenvalue weighted by Gasteiger charge is 2.69. The van der Waals surface area contributed by atoms with Crippen molar-refractivity contribution in [2.45, 2.75) is 123 Å². The molecule has 208 valence electrons. The van der Waals surface area contributed by atoms with Crippen LogP contribution in [0.5, 0.6) is 0 Å². The topological polar surface area (TPSA) is 82.1 Å². The van der Waals surface area contributed by atoms with Crippen LogP contribution in [-0.4, -0.2) is 41.6 Å². The van der Waals surface area contributed by atoms with Gasteiger partial charge in [0.2, 0.25) is 0 Å². The van der Waals surface area contributed by atoms with E-state index < -0.39 is 5.97 Å². The third-order valence-electron chi connectivity index (χ3n) is 12.7. The van der Waals surface area contributed by atoms with Crippen LogP contribution in [0.2, 0.25) is 0 Å². The van der Waals surface area contributed by atoms with Crippen molar-refractivity contribution in [2.75, 3.05) is 6.61 Å². The normalized spacial score (nSPS) is 52.6. The van der Waals surface area contributed by atoms with Gasteiger partial charge in [0, 0.05) is 12.3 Å². The molecule has 0 aromatic carbocycles. The number of aliphatic carboxylic acids is 1. The van der Waals surface area contributed by atoms with Crippen molar-refractivity contribution in [1.82, 2.24) is 0 Å². The molecule has 2 aliphatic heterocycles. The number of hydrogen-bond acceptors (Lipinski definition) is 5. The molecule has 0 bridgehead atoms. The van der Waals surface area contributed by atoms with Crippen LogP contribution in [0.4, 0.5) is 0 Å². The molecule has 6 aliphatic rings. The summed E-state index contributed by atoms with van der Waals surface area (Å²) in [5.41, 5.74) is 0.670. The molecule has 4 saturated carbocycles. The second-order valence-electron chi connectivity index (χ2n) is 14.5. The van der Waals surface area contributed by atoms with Crippen molar-refractivity contribution < 1.29 is 28.9 Å². The zero-order valence-electron chi connectivity index (χ0n) is 23.4. The molecule has 2 heterocycles. The fourth-order valence-corrected chi connectivity index (χ4v) is 10.8. The largest absolute Gasteiger partial charge is 0.481 e. The summed E-state index contributed by atoms with van der Waals surface area (Å²) in [4.78, 5) is 23.0. The van der Waals surface area contributed by atoms with Crippen molar-refractivity contribution in [3.63, 3.8) is 0 Å². The summed E-state index contributed by atoms with van der Waals surface area (Å²) in [6.07, 6.45) is 11.7. The number of rotatable bonds is 4. The van der Waals surface area contributed by atoms with Gasteiger partial charge >= 0.3 is 11.9 Å². The molecule has 0 aromatic rings. The van der Waals surface area contributed by atoms with Gasteiger partial charge in [-0.3, -0.25) is 9.59 Å². The average molecular weight is 517 g/mol. The van der Waals surface area contributed by atoms with E-state index in [9.17, 15) is 9.59 Å². The van der Waals surface area contributed by atoms with Crippen LogP contribution in [0.15, 0.2) is 0 Å². The zero-order valence-corrected chi connectivity index (χ0v) is 23.4. The van der Waals surface area contributed by atoms with Gasteiger partial charge in [-0.1, -0.05) is 27.7 Å². The second kappa shape index (κ2) is 9.21. The smallest absolute Gasteiger partial charge is 0.306 e. The standard InChI is InChI=1S/C31H48O6/c1-18-9-14-31(35-17-18)19(2)28-25(37-31)16-24-22-6-5-20-15-21(36-27(34)8-7-26(32)33)10-12-29(20,3)23(22)11-13-30(24,28)4/h18-25,28H,5-17H2,1-4H3,(H,32,33)/t18-,19?,20?,21-,22?,23?,24?,25?,28?,29+,30+,31-/m1/s1. The number of ether oxygens (including phenoxy) is 3. The number of esters is 1. The Balaban J connectivity index is 1.13. The fourth-order valence-electron chi connectivity index (χ4n) is 10.8. The SMILES string of the molecule is CC1C2C(CC3C4CCC5C[C@H](OC(=O)CCC(=O)O)CC[C@]5(C)C4CC[C@@]32C)O[C@]12CC[C@@H](C)CO2. The number of carboxylic acids is 1. The first-order valence-corrected chi connectivity index (χ1v) is 15.3. The van der Waals surface area contributed by atoms with E-state index in [0.717, 1.165) is 50.0 Å². The molecule has 0 radical (unpaired) electrons. The summed E-state index contributed by atoms with van der Waals surface area (Å²) < 4.78 is 19.2. The molecule has 6 fully saturated rings. The first-order valence-electron chi connectivity index (χ1n) is 15.3. The van der Waals surface area contributed by atoms with E-state index in [-0.39, 0.29) is 30.7 Å². The highest BCUT2D eigenvalue weighted by molar-refractivity contribution is 5.76. The minimum Gasteiger partial charge on any atom is -0.481 e. The molecule has 12 atom stereocenters. The summed E-state index contributed by atoms with van der Waals surface area (Å²) in [5.74, 6) is 2.96. The maximum absolute atomic E-state index is 12.2.